The Hall–Kier alpha value is -1.02. The molecule has 2 rings (SSSR count). The van der Waals surface area contributed by atoms with Gasteiger partial charge < -0.3 is 10.1 Å². The Morgan fingerprint density at radius 3 is 3.12 bits per heavy atom. The molecular weight excluding hydrogens is 198 g/mol. The lowest BCUT2D eigenvalue weighted by atomic mass is 9.97. The van der Waals surface area contributed by atoms with Crippen LogP contribution in [-0.4, -0.2) is 19.7 Å². The van der Waals surface area contributed by atoms with Crippen molar-refractivity contribution in [3.8, 4) is 5.75 Å². The van der Waals surface area contributed by atoms with E-state index in [0.29, 0.717) is 5.92 Å². The summed E-state index contributed by atoms with van der Waals surface area (Å²) in [7, 11) is 0. The minimum absolute atomic E-state index is 0.631. The lowest BCUT2D eigenvalue weighted by Crippen LogP contribution is -2.31. The van der Waals surface area contributed by atoms with Crippen molar-refractivity contribution in [2.45, 2.75) is 26.2 Å². The molecule has 1 aromatic rings. The molecule has 0 radical (unpaired) electrons. The SMILES string of the molecule is CCCCNCC1COc2ccccc2C1. The van der Waals surface area contributed by atoms with Gasteiger partial charge in [-0.15, -0.1) is 0 Å². The van der Waals surface area contributed by atoms with Gasteiger partial charge in [0.25, 0.3) is 0 Å². The van der Waals surface area contributed by atoms with Crippen molar-refractivity contribution in [1.29, 1.82) is 0 Å². The highest BCUT2D eigenvalue weighted by Crippen LogP contribution is 2.26. The molecule has 2 nitrogen and oxygen atoms in total. The fourth-order valence-corrected chi connectivity index (χ4v) is 2.13. The number of para-hydroxylation sites is 1. The molecule has 1 aromatic carbocycles. The molecule has 0 bridgehead atoms. The highest BCUT2D eigenvalue weighted by molar-refractivity contribution is 5.35. The van der Waals surface area contributed by atoms with E-state index in [0.717, 1.165) is 31.9 Å². The number of benzene rings is 1. The van der Waals surface area contributed by atoms with Crippen molar-refractivity contribution >= 4 is 0 Å². The minimum atomic E-state index is 0.631. The van der Waals surface area contributed by atoms with Gasteiger partial charge in [-0.1, -0.05) is 31.5 Å². The predicted octanol–water partition coefficient (Wildman–Crippen LogP) is 2.63. The monoisotopic (exact) mass is 219 g/mol. The third-order valence-corrected chi connectivity index (χ3v) is 3.10. The van der Waals surface area contributed by atoms with Crippen LogP contribution in [0.5, 0.6) is 5.75 Å². The summed E-state index contributed by atoms with van der Waals surface area (Å²) in [6.45, 7) is 5.29. The quantitative estimate of drug-likeness (QED) is 0.769. The summed E-state index contributed by atoms with van der Waals surface area (Å²) < 4.78 is 5.75. The lowest BCUT2D eigenvalue weighted by molar-refractivity contribution is 0.218. The van der Waals surface area contributed by atoms with Gasteiger partial charge in [0, 0.05) is 12.5 Å². The first-order valence-electron chi connectivity index (χ1n) is 6.31. The summed E-state index contributed by atoms with van der Waals surface area (Å²) in [6, 6.07) is 8.37. The van der Waals surface area contributed by atoms with Gasteiger partial charge in [-0.05, 0) is 31.0 Å². The molecule has 0 saturated heterocycles. The molecule has 0 saturated carbocycles. The third kappa shape index (κ3) is 2.99. The molecule has 88 valence electrons. The first-order valence-corrected chi connectivity index (χ1v) is 6.31. The van der Waals surface area contributed by atoms with Crippen molar-refractivity contribution in [3.05, 3.63) is 29.8 Å². The Balaban J connectivity index is 1.79. The van der Waals surface area contributed by atoms with Crippen LogP contribution >= 0.6 is 0 Å². The van der Waals surface area contributed by atoms with E-state index in [9.17, 15) is 0 Å². The number of rotatable bonds is 5. The topological polar surface area (TPSA) is 21.3 Å². The van der Waals surface area contributed by atoms with Crippen molar-refractivity contribution in [2.75, 3.05) is 19.7 Å². The molecule has 1 unspecified atom stereocenters. The van der Waals surface area contributed by atoms with Crippen LogP contribution in [-0.2, 0) is 6.42 Å². The first kappa shape index (κ1) is 11.5. The Kier molecular flexibility index (Phi) is 4.23. The molecule has 1 heterocycles. The van der Waals surface area contributed by atoms with Crippen LogP contribution in [0.3, 0.4) is 0 Å². The minimum Gasteiger partial charge on any atom is -0.493 e. The number of ether oxygens (including phenoxy) is 1. The van der Waals surface area contributed by atoms with Gasteiger partial charge in [0.2, 0.25) is 0 Å². The Labute approximate surface area is 98.0 Å². The molecular formula is C14H21NO. The molecule has 2 heteroatoms. The number of hydrogen-bond acceptors (Lipinski definition) is 2. The Morgan fingerprint density at radius 1 is 1.38 bits per heavy atom. The molecule has 1 aliphatic heterocycles. The van der Waals surface area contributed by atoms with E-state index in [1.807, 2.05) is 6.07 Å². The maximum absolute atomic E-state index is 5.75. The Bertz CT molecular complexity index is 324. The normalized spacial score (nSPS) is 18.9. The molecule has 0 fully saturated rings. The molecule has 1 aliphatic rings. The standard InChI is InChI=1S/C14H21NO/c1-2-3-8-15-10-12-9-13-6-4-5-7-14(13)16-11-12/h4-7,12,15H,2-3,8-11H2,1H3. The van der Waals surface area contributed by atoms with Gasteiger partial charge >= 0.3 is 0 Å². The summed E-state index contributed by atoms with van der Waals surface area (Å²) in [5, 5.41) is 3.51. The van der Waals surface area contributed by atoms with E-state index >= 15 is 0 Å². The maximum Gasteiger partial charge on any atom is 0.122 e. The maximum atomic E-state index is 5.75. The highest BCUT2D eigenvalue weighted by atomic mass is 16.5. The molecule has 16 heavy (non-hydrogen) atoms. The van der Waals surface area contributed by atoms with Gasteiger partial charge in [-0.2, -0.15) is 0 Å². The van der Waals surface area contributed by atoms with Crippen molar-refractivity contribution in [3.63, 3.8) is 0 Å². The molecule has 0 aliphatic carbocycles. The predicted molar refractivity (Wildman–Crippen MR) is 66.9 cm³/mol. The Morgan fingerprint density at radius 2 is 2.25 bits per heavy atom. The fourth-order valence-electron chi connectivity index (χ4n) is 2.13. The summed E-state index contributed by atoms with van der Waals surface area (Å²) in [6.07, 6.45) is 3.68. The fraction of sp³-hybridized carbons (Fsp3) is 0.571. The second kappa shape index (κ2) is 5.90. The summed E-state index contributed by atoms with van der Waals surface area (Å²) in [4.78, 5) is 0. The smallest absolute Gasteiger partial charge is 0.122 e. The van der Waals surface area contributed by atoms with Gasteiger partial charge in [0.15, 0.2) is 0 Å². The average Bonchev–Trinajstić information content (AvgIpc) is 2.34. The van der Waals surface area contributed by atoms with E-state index in [2.05, 4.69) is 30.4 Å². The number of nitrogens with one attached hydrogen (secondary N) is 1. The van der Waals surface area contributed by atoms with Crippen LogP contribution in [0.15, 0.2) is 24.3 Å². The van der Waals surface area contributed by atoms with Crippen LogP contribution < -0.4 is 10.1 Å². The van der Waals surface area contributed by atoms with Crippen LogP contribution in [0.1, 0.15) is 25.3 Å². The molecule has 0 aromatic heterocycles. The van der Waals surface area contributed by atoms with Gasteiger partial charge in [-0.25, -0.2) is 0 Å². The largest absolute Gasteiger partial charge is 0.493 e. The zero-order chi connectivity index (χ0) is 11.2. The lowest BCUT2D eigenvalue weighted by Gasteiger charge is -2.25. The van der Waals surface area contributed by atoms with E-state index in [-0.39, 0.29) is 0 Å². The van der Waals surface area contributed by atoms with Crippen LogP contribution in [0.2, 0.25) is 0 Å². The average molecular weight is 219 g/mol. The summed E-state index contributed by atoms with van der Waals surface area (Å²) in [5.74, 6) is 1.71. The van der Waals surface area contributed by atoms with Gasteiger partial charge in [-0.3, -0.25) is 0 Å². The first-order chi connectivity index (χ1) is 7.90. The summed E-state index contributed by atoms with van der Waals surface area (Å²) >= 11 is 0. The molecule has 0 spiro atoms. The van der Waals surface area contributed by atoms with E-state index < -0.39 is 0 Å². The van der Waals surface area contributed by atoms with E-state index in [1.165, 1.54) is 18.4 Å². The van der Waals surface area contributed by atoms with Crippen LogP contribution in [0.4, 0.5) is 0 Å². The molecule has 1 N–H and O–H groups in total. The van der Waals surface area contributed by atoms with Gasteiger partial charge in [0.05, 0.1) is 6.61 Å². The number of fused-ring (bicyclic) bond motifs is 1. The second-order valence-electron chi connectivity index (χ2n) is 4.55. The van der Waals surface area contributed by atoms with E-state index in [4.69, 9.17) is 4.74 Å². The molecule has 1 atom stereocenters. The zero-order valence-electron chi connectivity index (χ0n) is 10.0. The van der Waals surface area contributed by atoms with E-state index in [1.54, 1.807) is 0 Å². The highest BCUT2D eigenvalue weighted by Gasteiger charge is 2.18. The van der Waals surface area contributed by atoms with Crippen molar-refractivity contribution in [1.82, 2.24) is 5.32 Å². The summed E-state index contributed by atoms with van der Waals surface area (Å²) in [5.41, 5.74) is 1.36. The van der Waals surface area contributed by atoms with Crippen LogP contribution in [0, 0.1) is 5.92 Å². The van der Waals surface area contributed by atoms with Crippen molar-refractivity contribution in [2.24, 2.45) is 5.92 Å². The zero-order valence-corrected chi connectivity index (χ0v) is 10.0. The van der Waals surface area contributed by atoms with Gasteiger partial charge in [0.1, 0.15) is 5.75 Å². The second-order valence-corrected chi connectivity index (χ2v) is 4.55. The third-order valence-electron chi connectivity index (χ3n) is 3.10. The number of hydrogen-bond donors (Lipinski definition) is 1. The van der Waals surface area contributed by atoms with Crippen LogP contribution in [0.25, 0.3) is 0 Å². The van der Waals surface area contributed by atoms with Crippen molar-refractivity contribution < 1.29 is 4.74 Å². The molecule has 0 amide bonds. The number of unbranched alkanes of at least 4 members (excludes halogenated alkanes) is 1.